The second-order valence-corrected chi connectivity index (χ2v) is 4.09. The summed E-state index contributed by atoms with van der Waals surface area (Å²) in [7, 11) is 0. The summed E-state index contributed by atoms with van der Waals surface area (Å²) in [4.78, 5) is 4.32. The van der Waals surface area contributed by atoms with Crippen molar-refractivity contribution in [3.63, 3.8) is 0 Å². The number of thioether (sulfide) groups is 1. The Balaban J connectivity index is 2.27. The summed E-state index contributed by atoms with van der Waals surface area (Å²) in [6.45, 7) is 0. The van der Waals surface area contributed by atoms with Gasteiger partial charge in [-0.15, -0.1) is 11.8 Å². The van der Waals surface area contributed by atoms with E-state index in [1.807, 2.05) is 24.2 Å². The quantitative estimate of drug-likeness (QED) is 0.632. The van der Waals surface area contributed by atoms with Crippen LogP contribution >= 0.6 is 11.8 Å². The predicted octanol–water partition coefficient (Wildman–Crippen LogP) is 1.64. The number of hydrogen-bond acceptors (Lipinski definition) is 2. The van der Waals surface area contributed by atoms with Crippen molar-refractivity contribution in [3.8, 4) is 0 Å². The first-order valence-corrected chi connectivity index (χ1v) is 5.27. The van der Waals surface area contributed by atoms with Crippen LogP contribution < -0.4 is 0 Å². The van der Waals surface area contributed by atoms with Crippen molar-refractivity contribution >= 4 is 11.8 Å². The molecule has 0 bridgehead atoms. The normalized spacial score (nSPS) is 14.8. The molecule has 3 nitrogen and oxygen atoms in total. The van der Waals surface area contributed by atoms with Gasteiger partial charge in [0, 0.05) is 30.8 Å². The van der Waals surface area contributed by atoms with Crippen LogP contribution in [0.15, 0.2) is 35.7 Å². The second kappa shape index (κ2) is 2.67. The van der Waals surface area contributed by atoms with Gasteiger partial charge in [0.2, 0.25) is 0 Å². The molecular weight excluding hydrogens is 182 g/mol. The minimum Gasteiger partial charge on any atom is -0.249 e. The summed E-state index contributed by atoms with van der Waals surface area (Å²) < 4.78 is 4.25. The summed E-state index contributed by atoms with van der Waals surface area (Å²) >= 11 is 1.88. The van der Waals surface area contributed by atoms with Crippen LogP contribution in [0.2, 0.25) is 0 Å². The van der Waals surface area contributed by atoms with Crippen LogP contribution in [0, 0.1) is 0 Å². The van der Waals surface area contributed by atoms with Crippen LogP contribution in [-0.4, -0.2) is 20.1 Å². The van der Waals surface area contributed by atoms with Gasteiger partial charge in [0.1, 0.15) is 5.82 Å². The van der Waals surface area contributed by atoms with Crippen LogP contribution in [0.1, 0.15) is 5.82 Å². The van der Waals surface area contributed by atoms with Gasteiger partial charge < -0.3 is 0 Å². The van der Waals surface area contributed by atoms with Crippen molar-refractivity contribution in [2.24, 2.45) is 0 Å². The Morgan fingerprint density at radius 3 is 3.31 bits per heavy atom. The molecule has 1 aliphatic heterocycles. The third-order valence-corrected chi connectivity index (χ3v) is 3.22. The molecule has 3 rings (SSSR count). The van der Waals surface area contributed by atoms with Gasteiger partial charge in [-0.2, -0.15) is 0 Å². The van der Waals surface area contributed by atoms with Gasteiger partial charge in [-0.1, -0.05) is 0 Å². The molecule has 13 heavy (non-hydrogen) atoms. The third-order valence-electron chi connectivity index (χ3n) is 2.20. The van der Waals surface area contributed by atoms with E-state index >= 15 is 0 Å². The van der Waals surface area contributed by atoms with E-state index in [0.29, 0.717) is 0 Å². The van der Waals surface area contributed by atoms with E-state index < -0.39 is 0 Å². The van der Waals surface area contributed by atoms with Gasteiger partial charge in [0.05, 0.1) is 5.03 Å². The average Bonchev–Trinajstić information content (AvgIpc) is 2.72. The molecule has 0 N–H and O–H groups in total. The fourth-order valence-corrected chi connectivity index (χ4v) is 2.55. The molecule has 0 unspecified atom stereocenters. The second-order valence-electron chi connectivity index (χ2n) is 2.98. The molecule has 0 saturated heterocycles. The van der Waals surface area contributed by atoms with Gasteiger partial charge in [0.15, 0.2) is 0 Å². The number of imidazole rings is 1. The molecule has 2 aromatic rings. The SMILES string of the molecule is c1cc2n(c1)-n1ccnc1CCS2. The lowest BCUT2D eigenvalue weighted by Gasteiger charge is -2.07. The molecule has 0 saturated carbocycles. The Kier molecular flexibility index (Phi) is 1.49. The molecule has 0 radical (unpaired) electrons. The Bertz CT molecular complexity index is 389. The standard InChI is InChI=1S/C9H9N3S/c1-2-9-12(5-1)11-6-4-10-8(11)3-7-13-9/h1-2,4-6H,3,7H2. The van der Waals surface area contributed by atoms with Crippen molar-refractivity contribution in [2.75, 3.05) is 5.75 Å². The first-order chi connectivity index (χ1) is 6.45. The fraction of sp³-hybridized carbons (Fsp3) is 0.222. The molecule has 0 amide bonds. The van der Waals surface area contributed by atoms with Crippen molar-refractivity contribution in [1.29, 1.82) is 0 Å². The molecule has 4 heteroatoms. The van der Waals surface area contributed by atoms with Crippen molar-refractivity contribution in [1.82, 2.24) is 14.3 Å². The lowest BCUT2D eigenvalue weighted by atomic mass is 10.5. The van der Waals surface area contributed by atoms with Gasteiger partial charge in [-0.3, -0.25) is 0 Å². The van der Waals surface area contributed by atoms with Gasteiger partial charge >= 0.3 is 0 Å². The molecule has 66 valence electrons. The Morgan fingerprint density at radius 2 is 2.31 bits per heavy atom. The number of rotatable bonds is 0. The van der Waals surface area contributed by atoms with Crippen LogP contribution in [0.5, 0.6) is 0 Å². The number of aromatic nitrogens is 3. The average molecular weight is 191 g/mol. The number of fused-ring (bicyclic) bond motifs is 3. The maximum Gasteiger partial charge on any atom is 0.129 e. The minimum atomic E-state index is 1.04. The number of aryl methyl sites for hydroxylation is 1. The van der Waals surface area contributed by atoms with Crippen LogP contribution in [0.25, 0.3) is 0 Å². The van der Waals surface area contributed by atoms with E-state index in [-0.39, 0.29) is 0 Å². The first kappa shape index (κ1) is 7.26. The van der Waals surface area contributed by atoms with Crippen molar-refractivity contribution in [2.45, 2.75) is 11.4 Å². The largest absolute Gasteiger partial charge is 0.249 e. The maximum atomic E-state index is 4.32. The van der Waals surface area contributed by atoms with Crippen LogP contribution in [-0.2, 0) is 6.42 Å². The molecule has 0 spiro atoms. The van der Waals surface area contributed by atoms with Gasteiger partial charge in [-0.25, -0.2) is 14.3 Å². The van der Waals surface area contributed by atoms with Crippen LogP contribution in [0.4, 0.5) is 0 Å². The molecule has 1 aliphatic rings. The highest BCUT2D eigenvalue weighted by Crippen LogP contribution is 2.23. The minimum absolute atomic E-state index is 1.04. The van der Waals surface area contributed by atoms with Crippen LogP contribution in [0.3, 0.4) is 0 Å². The van der Waals surface area contributed by atoms with Crippen molar-refractivity contribution in [3.05, 3.63) is 36.5 Å². The monoisotopic (exact) mass is 191 g/mol. The zero-order valence-corrected chi connectivity index (χ0v) is 7.87. The molecule has 2 aromatic heterocycles. The summed E-state index contributed by atoms with van der Waals surface area (Å²) in [6.07, 6.45) is 6.97. The molecular formula is C9H9N3S. The summed E-state index contributed by atoms with van der Waals surface area (Å²) in [5.74, 6) is 2.25. The van der Waals surface area contributed by atoms with E-state index in [0.717, 1.165) is 18.0 Å². The number of nitrogens with zero attached hydrogens (tertiary/aromatic N) is 3. The maximum absolute atomic E-state index is 4.32. The van der Waals surface area contributed by atoms with Crippen molar-refractivity contribution < 1.29 is 0 Å². The molecule has 3 heterocycles. The Labute approximate surface area is 80.4 Å². The van der Waals surface area contributed by atoms with Gasteiger partial charge in [0.25, 0.3) is 0 Å². The Hall–Kier alpha value is -1.16. The third kappa shape index (κ3) is 1.02. The smallest absolute Gasteiger partial charge is 0.129 e. The molecule has 0 aromatic carbocycles. The fourth-order valence-electron chi connectivity index (χ4n) is 1.60. The highest BCUT2D eigenvalue weighted by Gasteiger charge is 2.12. The Morgan fingerprint density at radius 1 is 1.31 bits per heavy atom. The lowest BCUT2D eigenvalue weighted by Crippen LogP contribution is -2.09. The van der Waals surface area contributed by atoms with E-state index in [1.165, 1.54) is 5.03 Å². The summed E-state index contributed by atoms with van der Waals surface area (Å²) in [5, 5.41) is 1.29. The molecule has 0 fully saturated rings. The highest BCUT2D eigenvalue weighted by atomic mass is 32.2. The zero-order chi connectivity index (χ0) is 8.67. The van der Waals surface area contributed by atoms with E-state index in [9.17, 15) is 0 Å². The van der Waals surface area contributed by atoms with E-state index in [1.54, 1.807) is 0 Å². The zero-order valence-electron chi connectivity index (χ0n) is 7.05. The van der Waals surface area contributed by atoms with E-state index in [4.69, 9.17) is 0 Å². The predicted molar refractivity (Wildman–Crippen MR) is 51.9 cm³/mol. The lowest BCUT2D eigenvalue weighted by molar-refractivity contribution is 0.586. The highest BCUT2D eigenvalue weighted by molar-refractivity contribution is 7.99. The topological polar surface area (TPSA) is 22.8 Å². The molecule has 0 atom stereocenters. The summed E-state index contributed by atoms with van der Waals surface area (Å²) in [5.41, 5.74) is 0. The number of hydrogen-bond donors (Lipinski definition) is 0. The first-order valence-electron chi connectivity index (χ1n) is 4.28. The molecule has 0 aliphatic carbocycles. The van der Waals surface area contributed by atoms with Gasteiger partial charge in [-0.05, 0) is 12.1 Å². The summed E-state index contributed by atoms with van der Waals surface area (Å²) in [6, 6.07) is 4.21. The van der Waals surface area contributed by atoms with E-state index in [2.05, 4.69) is 32.7 Å².